The highest BCUT2D eigenvalue weighted by Gasteiger charge is 2.50. The molecule has 3 aliphatic rings. The lowest BCUT2D eigenvalue weighted by Crippen LogP contribution is -2.50. The molecule has 1 aromatic rings. The zero-order chi connectivity index (χ0) is 21.3. The Morgan fingerprint density at radius 1 is 1.20 bits per heavy atom. The largest absolute Gasteiger partial charge is 0.453 e. The van der Waals surface area contributed by atoms with Gasteiger partial charge in [0.1, 0.15) is 0 Å². The van der Waals surface area contributed by atoms with Crippen LogP contribution in [0.4, 0.5) is 16.2 Å². The fourth-order valence-electron chi connectivity index (χ4n) is 5.44. The normalized spacial score (nSPS) is 29.4. The van der Waals surface area contributed by atoms with Gasteiger partial charge in [0.05, 0.1) is 18.6 Å². The number of hydrogen-bond acceptors (Lipinski definition) is 5. The van der Waals surface area contributed by atoms with Crippen molar-refractivity contribution in [1.82, 2.24) is 4.90 Å². The third-order valence-corrected chi connectivity index (χ3v) is 7.23. The fraction of sp³-hybridized carbons (Fsp3) is 0.652. The van der Waals surface area contributed by atoms with Crippen LogP contribution < -0.4 is 10.2 Å². The van der Waals surface area contributed by atoms with Crippen molar-refractivity contribution in [2.45, 2.75) is 64.0 Å². The molecule has 2 N–H and O–H groups in total. The van der Waals surface area contributed by atoms with Gasteiger partial charge in [-0.25, -0.2) is 4.79 Å². The van der Waals surface area contributed by atoms with Crippen molar-refractivity contribution in [2.24, 2.45) is 5.41 Å². The Labute approximate surface area is 178 Å². The number of amides is 2. The Hall–Kier alpha value is -2.28. The number of methoxy groups -OCH3 is 1. The average Bonchev–Trinajstić information content (AvgIpc) is 3.05. The molecule has 2 aliphatic heterocycles. The smallest absolute Gasteiger partial charge is 0.411 e. The van der Waals surface area contributed by atoms with Gasteiger partial charge >= 0.3 is 6.09 Å². The SMILES string of the molecule is COC(=O)Nc1ccc(N2CCC[C@@]3(CCN([C@H]4CC[C@H](O)CC4)C3=O)C2)cc1C. The molecule has 164 valence electrons. The first-order valence-electron chi connectivity index (χ1n) is 11.1. The van der Waals surface area contributed by atoms with E-state index in [1.807, 2.05) is 19.1 Å². The summed E-state index contributed by atoms with van der Waals surface area (Å²) >= 11 is 0. The van der Waals surface area contributed by atoms with Crippen molar-refractivity contribution in [1.29, 1.82) is 0 Å². The summed E-state index contributed by atoms with van der Waals surface area (Å²) in [5, 5.41) is 12.5. The number of likely N-dealkylation sites (tertiary alicyclic amines) is 1. The van der Waals surface area contributed by atoms with Crippen LogP contribution in [0.15, 0.2) is 18.2 Å². The number of nitrogens with zero attached hydrogens (tertiary/aromatic N) is 2. The van der Waals surface area contributed by atoms with E-state index in [0.29, 0.717) is 11.9 Å². The van der Waals surface area contributed by atoms with Gasteiger partial charge in [0.15, 0.2) is 0 Å². The number of anilines is 2. The summed E-state index contributed by atoms with van der Waals surface area (Å²) in [7, 11) is 1.35. The van der Waals surface area contributed by atoms with Crippen molar-refractivity contribution >= 4 is 23.4 Å². The summed E-state index contributed by atoms with van der Waals surface area (Å²) in [6.45, 7) is 4.50. The van der Waals surface area contributed by atoms with E-state index in [-0.39, 0.29) is 11.5 Å². The maximum Gasteiger partial charge on any atom is 0.411 e. The summed E-state index contributed by atoms with van der Waals surface area (Å²) in [5.74, 6) is 0.314. The van der Waals surface area contributed by atoms with E-state index in [2.05, 4.69) is 25.9 Å². The van der Waals surface area contributed by atoms with Crippen LogP contribution in [-0.4, -0.2) is 60.9 Å². The summed E-state index contributed by atoms with van der Waals surface area (Å²) in [6.07, 6.45) is 5.65. The standard InChI is InChI=1S/C23H33N3O4/c1-16-14-18(6-9-20(16)24-22(29)30-2)25-12-3-10-23(15-25)11-13-26(21(23)28)17-4-7-19(27)8-5-17/h6,9,14,17,19,27H,3-5,7-8,10-13,15H2,1-2H3,(H,24,29)/t17-,19-,23-/m1/s1. The van der Waals surface area contributed by atoms with E-state index in [0.717, 1.165) is 81.5 Å². The molecule has 1 saturated carbocycles. The molecule has 2 amide bonds. The first-order valence-corrected chi connectivity index (χ1v) is 11.1. The molecule has 1 atom stereocenters. The second kappa shape index (κ2) is 8.46. The van der Waals surface area contributed by atoms with Gasteiger partial charge in [0.25, 0.3) is 0 Å². The lowest BCUT2D eigenvalue weighted by molar-refractivity contribution is -0.139. The van der Waals surface area contributed by atoms with Gasteiger partial charge in [-0.1, -0.05) is 0 Å². The highest BCUT2D eigenvalue weighted by Crippen LogP contribution is 2.43. The zero-order valence-electron chi connectivity index (χ0n) is 18.0. The molecule has 1 aromatic carbocycles. The van der Waals surface area contributed by atoms with Crippen molar-refractivity contribution in [3.63, 3.8) is 0 Å². The minimum atomic E-state index is -0.477. The number of benzene rings is 1. The van der Waals surface area contributed by atoms with Crippen LogP contribution in [0.5, 0.6) is 0 Å². The van der Waals surface area contributed by atoms with Crippen LogP contribution in [0.3, 0.4) is 0 Å². The van der Waals surface area contributed by atoms with Gasteiger partial charge in [0.2, 0.25) is 5.91 Å². The Balaban J connectivity index is 1.46. The molecule has 3 fully saturated rings. The maximum atomic E-state index is 13.5. The average molecular weight is 416 g/mol. The minimum Gasteiger partial charge on any atom is -0.453 e. The molecule has 2 heterocycles. The highest BCUT2D eigenvalue weighted by molar-refractivity contribution is 5.87. The molecule has 4 rings (SSSR count). The van der Waals surface area contributed by atoms with Gasteiger partial charge in [-0.2, -0.15) is 0 Å². The molecule has 1 spiro atoms. The maximum absolute atomic E-state index is 13.5. The zero-order valence-corrected chi connectivity index (χ0v) is 18.0. The van der Waals surface area contributed by atoms with Crippen molar-refractivity contribution < 1.29 is 19.4 Å². The number of rotatable bonds is 3. The number of ether oxygens (including phenoxy) is 1. The molecule has 0 bridgehead atoms. The number of nitrogens with one attached hydrogen (secondary N) is 1. The van der Waals surface area contributed by atoms with Crippen LogP contribution in [0.1, 0.15) is 50.5 Å². The molecule has 7 heteroatoms. The van der Waals surface area contributed by atoms with Gasteiger partial charge in [-0.15, -0.1) is 0 Å². The van der Waals surface area contributed by atoms with Crippen LogP contribution in [0.2, 0.25) is 0 Å². The first kappa shape index (κ1) is 21.0. The van der Waals surface area contributed by atoms with Crippen molar-refractivity contribution in [2.75, 3.05) is 37.0 Å². The molecule has 0 radical (unpaired) electrons. The predicted molar refractivity (Wildman–Crippen MR) is 116 cm³/mol. The van der Waals surface area contributed by atoms with Gasteiger partial charge in [-0.05, 0) is 75.6 Å². The number of aliphatic hydroxyl groups is 1. The molecular formula is C23H33N3O4. The number of aryl methyl sites for hydroxylation is 1. The number of hydrogen-bond donors (Lipinski definition) is 2. The van der Waals surface area contributed by atoms with E-state index in [1.165, 1.54) is 7.11 Å². The molecule has 7 nitrogen and oxygen atoms in total. The molecule has 1 aliphatic carbocycles. The summed E-state index contributed by atoms with van der Waals surface area (Å²) in [4.78, 5) is 29.4. The number of aliphatic hydroxyl groups excluding tert-OH is 1. The lowest BCUT2D eigenvalue weighted by Gasteiger charge is -2.41. The predicted octanol–water partition coefficient (Wildman–Crippen LogP) is 3.30. The Kier molecular flexibility index (Phi) is 5.91. The molecule has 30 heavy (non-hydrogen) atoms. The number of carbonyl (C=O) groups excluding carboxylic acids is 2. The lowest BCUT2D eigenvalue weighted by atomic mass is 9.78. The molecule has 0 unspecified atom stereocenters. The minimum absolute atomic E-state index is 0.196. The van der Waals surface area contributed by atoms with Gasteiger partial charge in [0, 0.05) is 37.1 Å². The Morgan fingerprint density at radius 3 is 2.67 bits per heavy atom. The summed E-state index contributed by atoms with van der Waals surface area (Å²) in [6, 6.07) is 6.28. The van der Waals surface area contributed by atoms with Crippen LogP contribution in [-0.2, 0) is 9.53 Å². The van der Waals surface area contributed by atoms with Crippen LogP contribution in [0.25, 0.3) is 0 Å². The Bertz CT molecular complexity index is 806. The first-order chi connectivity index (χ1) is 14.4. The quantitative estimate of drug-likeness (QED) is 0.792. The fourth-order valence-corrected chi connectivity index (χ4v) is 5.44. The second-order valence-corrected chi connectivity index (χ2v) is 9.13. The molecule has 0 aromatic heterocycles. The number of piperidine rings is 1. The van der Waals surface area contributed by atoms with E-state index < -0.39 is 6.09 Å². The van der Waals surface area contributed by atoms with Gasteiger partial charge < -0.3 is 19.6 Å². The summed E-state index contributed by atoms with van der Waals surface area (Å²) in [5.41, 5.74) is 2.51. The third kappa shape index (κ3) is 4.00. The van der Waals surface area contributed by atoms with E-state index in [1.54, 1.807) is 0 Å². The van der Waals surface area contributed by atoms with Crippen LogP contribution in [0, 0.1) is 12.3 Å². The number of carbonyl (C=O) groups is 2. The molecule has 2 saturated heterocycles. The van der Waals surface area contributed by atoms with Gasteiger partial charge in [-0.3, -0.25) is 10.1 Å². The van der Waals surface area contributed by atoms with E-state index in [9.17, 15) is 14.7 Å². The van der Waals surface area contributed by atoms with E-state index in [4.69, 9.17) is 0 Å². The van der Waals surface area contributed by atoms with E-state index >= 15 is 0 Å². The summed E-state index contributed by atoms with van der Waals surface area (Å²) < 4.78 is 4.68. The van der Waals surface area contributed by atoms with Crippen molar-refractivity contribution in [3.8, 4) is 0 Å². The topological polar surface area (TPSA) is 82.1 Å². The highest BCUT2D eigenvalue weighted by atomic mass is 16.5. The second-order valence-electron chi connectivity index (χ2n) is 9.13. The Morgan fingerprint density at radius 2 is 1.97 bits per heavy atom. The van der Waals surface area contributed by atoms with Crippen LogP contribution >= 0.6 is 0 Å². The van der Waals surface area contributed by atoms with Crippen molar-refractivity contribution in [3.05, 3.63) is 23.8 Å². The third-order valence-electron chi connectivity index (χ3n) is 7.23. The monoisotopic (exact) mass is 415 g/mol. The molecular weight excluding hydrogens is 382 g/mol.